The Kier molecular flexibility index (Phi) is 6.52. The molecule has 1 aliphatic rings. The number of nitrogens with zero attached hydrogens (tertiary/aromatic N) is 1. The molecule has 0 aromatic carbocycles. The molecule has 0 aromatic heterocycles. The van der Waals surface area contributed by atoms with Gasteiger partial charge >= 0.3 is 12.3 Å². The van der Waals surface area contributed by atoms with E-state index in [9.17, 15) is 18.0 Å². The van der Waals surface area contributed by atoms with Crippen LogP contribution in [0.25, 0.3) is 0 Å². The highest BCUT2D eigenvalue weighted by Crippen LogP contribution is 2.22. The lowest BCUT2D eigenvalue weighted by atomic mass is 9.96. The normalized spacial score (nSPS) is 19.1. The van der Waals surface area contributed by atoms with E-state index in [1.807, 2.05) is 20.8 Å². The topological polar surface area (TPSA) is 41.6 Å². The van der Waals surface area contributed by atoms with Crippen molar-refractivity contribution in [1.29, 1.82) is 0 Å². The summed E-state index contributed by atoms with van der Waals surface area (Å²) in [5, 5.41) is 2.94. The van der Waals surface area contributed by atoms with E-state index in [2.05, 4.69) is 5.32 Å². The molecular weight excluding hydrogens is 297 g/mol. The van der Waals surface area contributed by atoms with Crippen LogP contribution in [0, 0.1) is 5.92 Å². The molecule has 0 aliphatic carbocycles. The molecule has 1 aliphatic heterocycles. The molecule has 1 heterocycles. The van der Waals surface area contributed by atoms with Crippen molar-refractivity contribution in [2.24, 2.45) is 5.92 Å². The Balaban J connectivity index is 2.27. The smallest absolute Gasteiger partial charge is 0.410 e. The van der Waals surface area contributed by atoms with Crippen molar-refractivity contribution in [3.05, 3.63) is 0 Å². The van der Waals surface area contributed by atoms with E-state index in [1.54, 1.807) is 11.8 Å². The third-order valence-corrected chi connectivity index (χ3v) is 3.56. The van der Waals surface area contributed by atoms with Crippen LogP contribution in [0.4, 0.5) is 18.0 Å². The number of hydrogen-bond donors (Lipinski definition) is 1. The second-order valence-corrected chi connectivity index (χ2v) is 7.04. The van der Waals surface area contributed by atoms with Crippen molar-refractivity contribution in [3.63, 3.8) is 0 Å². The zero-order valence-electron chi connectivity index (χ0n) is 13.8. The lowest BCUT2D eigenvalue weighted by Gasteiger charge is -2.34. The number of piperidine rings is 1. The SMILES string of the molecule is CC(CC(F)(F)F)NCC1CCN(C(=O)OC(C)(C)C)CC1. The molecule has 1 N–H and O–H groups in total. The fraction of sp³-hybridized carbons (Fsp3) is 0.933. The lowest BCUT2D eigenvalue weighted by molar-refractivity contribution is -0.139. The van der Waals surface area contributed by atoms with Crippen LogP contribution in [-0.4, -0.2) is 48.4 Å². The molecule has 0 radical (unpaired) electrons. The van der Waals surface area contributed by atoms with Crippen LogP contribution in [0.5, 0.6) is 0 Å². The second-order valence-electron chi connectivity index (χ2n) is 7.04. The van der Waals surface area contributed by atoms with E-state index in [0.717, 1.165) is 12.8 Å². The van der Waals surface area contributed by atoms with Gasteiger partial charge in [0.2, 0.25) is 0 Å². The number of rotatable bonds is 4. The van der Waals surface area contributed by atoms with Crippen LogP contribution in [-0.2, 0) is 4.74 Å². The quantitative estimate of drug-likeness (QED) is 0.859. The zero-order chi connectivity index (χ0) is 17.0. The van der Waals surface area contributed by atoms with Gasteiger partial charge in [-0.2, -0.15) is 13.2 Å². The van der Waals surface area contributed by atoms with E-state index in [0.29, 0.717) is 25.6 Å². The first-order valence-corrected chi connectivity index (χ1v) is 7.74. The Labute approximate surface area is 130 Å². The molecule has 0 bridgehead atoms. The first kappa shape index (κ1) is 19.1. The van der Waals surface area contributed by atoms with Crippen LogP contribution < -0.4 is 5.32 Å². The van der Waals surface area contributed by atoms with Gasteiger partial charge in [0.1, 0.15) is 5.60 Å². The molecule has 22 heavy (non-hydrogen) atoms. The molecule has 130 valence electrons. The van der Waals surface area contributed by atoms with E-state index in [4.69, 9.17) is 4.74 Å². The number of carbonyl (C=O) groups excluding carboxylic acids is 1. The number of likely N-dealkylation sites (tertiary alicyclic amines) is 1. The standard InChI is InChI=1S/C15H27F3N2O2/c1-11(9-15(16,17)18)19-10-12-5-7-20(8-6-12)13(21)22-14(2,3)4/h11-12,19H,5-10H2,1-4H3. The fourth-order valence-corrected chi connectivity index (χ4v) is 2.43. The van der Waals surface area contributed by atoms with Crippen LogP contribution in [0.2, 0.25) is 0 Å². The average Bonchev–Trinajstić information content (AvgIpc) is 2.33. The molecule has 0 saturated carbocycles. The maximum atomic E-state index is 12.2. The molecule has 0 spiro atoms. The third kappa shape index (κ3) is 7.87. The summed E-state index contributed by atoms with van der Waals surface area (Å²) in [6, 6.07) is -0.580. The van der Waals surface area contributed by atoms with Gasteiger partial charge < -0.3 is 15.0 Å². The Morgan fingerprint density at radius 3 is 2.27 bits per heavy atom. The van der Waals surface area contributed by atoms with Crippen molar-refractivity contribution in [3.8, 4) is 0 Å². The minimum atomic E-state index is -4.13. The summed E-state index contributed by atoms with van der Waals surface area (Å²) in [6.07, 6.45) is -3.70. The number of halogens is 3. The fourth-order valence-electron chi connectivity index (χ4n) is 2.43. The van der Waals surface area contributed by atoms with Crippen molar-refractivity contribution in [2.45, 2.75) is 64.8 Å². The molecule has 1 saturated heterocycles. The summed E-state index contributed by atoms with van der Waals surface area (Å²) in [7, 11) is 0. The highest BCUT2D eigenvalue weighted by molar-refractivity contribution is 5.68. The molecule has 4 nitrogen and oxygen atoms in total. The van der Waals surface area contributed by atoms with Gasteiger partial charge in [-0.05, 0) is 53.0 Å². The highest BCUT2D eigenvalue weighted by Gasteiger charge is 2.31. The van der Waals surface area contributed by atoms with E-state index < -0.39 is 24.2 Å². The summed E-state index contributed by atoms with van der Waals surface area (Å²) >= 11 is 0. The molecule has 0 aromatic rings. The molecular formula is C15H27F3N2O2. The van der Waals surface area contributed by atoms with Crippen LogP contribution >= 0.6 is 0 Å². The molecule has 1 fully saturated rings. The molecule has 1 atom stereocenters. The first-order chi connectivity index (χ1) is 9.96. The Hall–Kier alpha value is -0.980. The number of carbonyl (C=O) groups is 1. The van der Waals surface area contributed by atoms with Gasteiger partial charge in [-0.15, -0.1) is 0 Å². The molecule has 1 amide bonds. The Morgan fingerprint density at radius 1 is 1.27 bits per heavy atom. The minimum Gasteiger partial charge on any atom is -0.444 e. The van der Waals surface area contributed by atoms with Gasteiger partial charge in [-0.1, -0.05) is 0 Å². The zero-order valence-corrected chi connectivity index (χ0v) is 13.8. The lowest BCUT2D eigenvalue weighted by Crippen LogP contribution is -2.44. The predicted molar refractivity (Wildman–Crippen MR) is 78.7 cm³/mol. The van der Waals surface area contributed by atoms with Gasteiger partial charge in [-0.3, -0.25) is 0 Å². The summed E-state index contributed by atoms with van der Waals surface area (Å²) in [5.74, 6) is 0.300. The summed E-state index contributed by atoms with van der Waals surface area (Å²) in [6.45, 7) is 8.75. The summed E-state index contributed by atoms with van der Waals surface area (Å²) in [5.41, 5.74) is -0.511. The molecule has 1 unspecified atom stereocenters. The van der Waals surface area contributed by atoms with E-state index in [1.165, 1.54) is 0 Å². The first-order valence-electron chi connectivity index (χ1n) is 7.74. The largest absolute Gasteiger partial charge is 0.444 e. The number of hydrogen-bond acceptors (Lipinski definition) is 3. The van der Waals surface area contributed by atoms with Gasteiger partial charge in [-0.25, -0.2) is 4.79 Å². The maximum Gasteiger partial charge on any atom is 0.410 e. The van der Waals surface area contributed by atoms with Crippen LogP contribution in [0.3, 0.4) is 0 Å². The number of nitrogens with one attached hydrogen (secondary N) is 1. The highest BCUT2D eigenvalue weighted by atomic mass is 19.4. The molecule has 1 rings (SSSR count). The minimum absolute atomic E-state index is 0.300. The van der Waals surface area contributed by atoms with Crippen molar-refractivity contribution >= 4 is 6.09 Å². The number of amides is 1. The summed E-state index contributed by atoms with van der Waals surface area (Å²) in [4.78, 5) is 13.6. The monoisotopic (exact) mass is 324 g/mol. The van der Waals surface area contributed by atoms with Gasteiger partial charge in [0.05, 0.1) is 6.42 Å². The second kappa shape index (κ2) is 7.53. The number of alkyl halides is 3. The van der Waals surface area contributed by atoms with Crippen molar-refractivity contribution in [1.82, 2.24) is 10.2 Å². The Bertz CT molecular complexity index is 359. The average molecular weight is 324 g/mol. The third-order valence-electron chi connectivity index (χ3n) is 3.56. The summed E-state index contributed by atoms with van der Waals surface area (Å²) < 4.78 is 42.1. The van der Waals surface area contributed by atoms with Crippen molar-refractivity contribution < 1.29 is 22.7 Å². The van der Waals surface area contributed by atoms with Gasteiger partial charge in [0, 0.05) is 19.1 Å². The van der Waals surface area contributed by atoms with E-state index >= 15 is 0 Å². The van der Waals surface area contributed by atoms with Gasteiger partial charge in [0.15, 0.2) is 0 Å². The van der Waals surface area contributed by atoms with Gasteiger partial charge in [0.25, 0.3) is 0 Å². The number of ether oxygens (including phenoxy) is 1. The predicted octanol–water partition coefficient (Wildman–Crippen LogP) is 3.56. The van der Waals surface area contributed by atoms with Crippen molar-refractivity contribution in [2.75, 3.05) is 19.6 Å². The Morgan fingerprint density at radius 2 is 1.82 bits per heavy atom. The van der Waals surface area contributed by atoms with Crippen LogP contribution in [0.15, 0.2) is 0 Å². The van der Waals surface area contributed by atoms with E-state index in [-0.39, 0.29) is 6.09 Å². The maximum absolute atomic E-state index is 12.2. The van der Waals surface area contributed by atoms with Crippen LogP contribution in [0.1, 0.15) is 47.0 Å². The molecule has 7 heteroatoms.